The number of carbonyl (C=O) groups excluding carboxylic acids is 1. The lowest BCUT2D eigenvalue weighted by Crippen LogP contribution is -2.08. The van der Waals surface area contributed by atoms with Gasteiger partial charge in [0.25, 0.3) is 0 Å². The Morgan fingerprint density at radius 2 is 2.09 bits per heavy atom. The van der Waals surface area contributed by atoms with Crippen LogP contribution in [-0.4, -0.2) is 15.7 Å². The van der Waals surface area contributed by atoms with Crippen LogP contribution >= 0.6 is 0 Å². The van der Waals surface area contributed by atoms with Gasteiger partial charge in [0, 0.05) is 17.5 Å². The highest BCUT2D eigenvalue weighted by Gasteiger charge is 2.05. The van der Waals surface area contributed by atoms with E-state index in [4.69, 9.17) is 4.42 Å². The molecular formula is C18H17N3O2. The number of hydrogen-bond donors (Lipinski definition) is 1. The first-order valence-corrected chi connectivity index (χ1v) is 7.28. The number of aryl methyl sites for hydroxylation is 2. The molecule has 5 heteroatoms. The number of hydrogen-bond acceptors (Lipinski definition) is 3. The zero-order valence-electron chi connectivity index (χ0n) is 13.0. The standard InChI is InChI=1S/C18H17N3O2/c1-13-11-14(2)21(20-13)16-6-3-5-15(12-16)19-18(22)9-8-17-7-4-10-23-17/h3-12H,1-2H3,(H,19,22). The van der Waals surface area contributed by atoms with E-state index in [1.165, 1.54) is 6.08 Å². The number of amides is 1. The fourth-order valence-electron chi connectivity index (χ4n) is 2.33. The van der Waals surface area contributed by atoms with E-state index < -0.39 is 0 Å². The third-order valence-corrected chi connectivity index (χ3v) is 3.31. The van der Waals surface area contributed by atoms with Gasteiger partial charge < -0.3 is 9.73 Å². The van der Waals surface area contributed by atoms with Gasteiger partial charge in [-0.2, -0.15) is 5.10 Å². The molecule has 23 heavy (non-hydrogen) atoms. The fourth-order valence-corrected chi connectivity index (χ4v) is 2.33. The molecule has 116 valence electrons. The third-order valence-electron chi connectivity index (χ3n) is 3.31. The van der Waals surface area contributed by atoms with Crippen LogP contribution in [0.1, 0.15) is 17.1 Å². The topological polar surface area (TPSA) is 60.1 Å². The molecule has 0 aliphatic heterocycles. The van der Waals surface area contributed by atoms with Crippen molar-refractivity contribution in [2.24, 2.45) is 0 Å². The molecule has 0 aliphatic rings. The summed E-state index contributed by atoms with van der Waals surface area (Å²) in [6, 6.07) is 13.1. The molecule has 1 amide bonds. The van der Waals surface area contributed by atoms with E-state index in [1.54, 1.807) is 24.5 Å². The molecule has 0 saturated carbocycles. The lowest BCUT2D eigenvalue weighted by atomic mass is 10.2. The average molecular weight is 307 g/mol. The van der Waals surface area contributed by atoms with Gasteiger partial charge in [-0.05, 0) is 56.3 Å². The number of benzene rings is 1. The molecule has 1 N–H and O–H groups in total. The van der Waals surface area contributed by atoms with Crippen molar-refractivity contribution in [3.8, 4) is 5.69 Å². The van der Waals surface area contributed by atoms with Crippen LogP contribution in [0.15, 0.2) is 59.2 Å². The SMILES string of the molecule is Cc1cc(C)n(-c2cccc(NC(=O)C=Cc3ccco3)c2)n1. The first kappa shape index (κ1) is 14.8. The Morgan fingerprint density at radius 1 is 1.22 bits per heavy atom. The molecule has 0 bridgehead atoms. The Labute approximate surface area is 134 Å². The van der Waals surface area contributed by atoms with Crippen molar-refractivity contribution in [3.05, 3.63) is 72.0 Å². The van der Waals surface area contributed by atoms with Gasteiger partial charge in [-0.25, -0.2) is 4.68 Å². The summed E-state index contributed by atoms with van der Waals surface area (Å²) in [7, 11) is 0. The van der Waals surface area contributed by atoms with E-state index in [0.717, 1.165) is 17.1 Å². The van der Waals surface area contributed by atoms with E-state index >= 15 is 0 Å². The van der Waals surface area contributed by atoms with Crippen molar-refractivity contribution in [1.29, 1.82) is 0 Å². The van der Waals surface area contributed by atoms with E-state index in [0.29, 0.717) is 11.4 Å². The van der Waals surface area contributed by atoms with Gasteiger partial charge in [0.05, 0.1) is 17.6 Å². The minimum absolute atomic E-state index is 0.216. The quantitative estimate of drug-likeness (QED) is 0.747. The van der Waals surface area contributed by atoms with Crippen LogP contribution in [0.2, 0.25) is 0 Å². The maximum absolute atomic E-state index is 12.0. The van der Waals surface area contributed by atoms with Crippen LogP contribution in [0.4, 0.5) is 5.69 Å². The minimum Gasteiger partial charge on any atom is -0.465 e. The van der Waals surface area contributed by atoms with Crippen LogP contribution in [-0.2, 0) is 4.79 Å². The van der Waals surface area contributed by atoms with Crippen LogP contribution < -0.4 is 5.32 Å². The van der Waals surface area contributed by atoms with Gasteiger partial charge in [-0.15, -0.1) is 0 Å². The summed E-state index contributed by atoms with van der Waals surface area (Å²) in [5, 5.41) is 7.28. The van der Waals surface area contributed by atoms with Crippen LogP contribution in [0.25, 0.3) is 11.8 Å². The highest BCUT2D eigenvalue weighted by Crippen LogP contribution is 2.17. The summed E-state index contributed by atoms with van der Waals surface area (Å²) < 4.78 is 7.00. The second-order valence-electron chi connectivity index (χ2n) is 5.23. The molecule has 3 rings (SSSR count). The molecule has 1 aromatic carbocycles. The Kier molecular flexibility index (Phi) is 4.10. The maximum atomic E-state index is 12.0. The van der Waals surface area contributed by atoms with Gasteiger partial charge in [-0.1, -0.05) is 6.07 Å². The average Bonchev–Trinajstić information content (AvgIpc) is 3.15. The van der Waals surface area contributed by atoms with Gasteiger partial charge in [0.1, 0.15) is 5.76 Å². The zero-order chi connectivity index (χ0) is 16.2. The van der Waals surface area contributed by atoms with E-state index in [2.05, 4.69) is 10.4 Å². The Bertz CT molecular complexity index is 845. The third kappa shape index (κ3) is 3.58. The van der Waals surface area contributed by atoms with Gasteiger partial charge >= 0.3 is 0 Å². The normalized spacial score (nSPS) is 11.0. The van der Waals surface area contributed by atoms with Crippen molar-refractivity contribution in [1.82, 2.24) is 9.78 Å². The van der Waals surface area contributed by atoms with Crippen molar-refractivity contribution in [2.75, 3.05) is 5.32 Å². The molecule has 0 aliphatic carbocycles. The zero-order valence-corrected chi connectivity index (χ0v) is 13.0. The Morgan fingerprint density at radius 3 is 2.78 bits per heavy atom. The lowest BCUT2D eigenvalue weighted by molar-refractivity contribution is -0.111. The molecule has 0 atom stereocenters. The summed E-state index contributed by atoms with van der Waals surface area (Å²) in [6.07, 6.45) is 4.63. The highest BCUT2D eigenvalue weighted by atomic mass is 16.3. The number of nitrogens with zero attached hydrogens (tertiary/aromatic N) is 2. The van der Waals surface area contributed by atoms with Crippen LogP contribution in [0, 0.1) is 13.8 Å². The number of rotatable bonds is 4. The molecule has 2 aromatic heterocycles. The van der Waals surface area contributed by atoms with Crippen molar-refractivity contribution in [2.45, 2.75) is 13.8 Å². The molecule has 5 nitrogen and oxygen atoms in total. The fraction of sp³-hybridized carbons (Fsp3) is 0.111. The largest absolute Gasteiger partial charge is 0.465 e. The molecule has 2 heterocycles. The Balaban J connectivity index is 1.75. The number of nitrogens with one attached hydrogen (secondary N) is 1. The molecular weight excluding hydrogens is 290 g/mol. The first-order valence-electron chi connectivity index (χ1n) is 7.28. The Hall–Kier alpha value is -3.08. The first-order chi connectivity index (χ1) is 11.1. The van der Waals surface area contributed by atoms with Gasteiger partial charge in [0.2, 0.25) is 5.91 Å². The predicted molar refractivity (Wildman–Crippen MR) is 89.4 cm³/mol. The van der Waals surface area contributed by atoms with Gasteiger partial charge in [0.15, 0.2) is 0 Å². The summed E-state index contributed by atoms with van der Waals surface area (Å²) in [6.45, 7) is 3.95. The molecule has 0 unspecified atom stereocenters. The smallest absolute Gasteiger partial charge is 0.248 e. The monoisotopic (exact) mass is 307 g/mol. The number of furan rings is 1. The molecule has 0 saturated heterocycles. The summed E-state index contributed by atoms with van der Waals surface area (Å²) in [4.78, 5) is 12.0. The molecule has 0 radical (unpaired) electrons. The van der Waals surface area contributed by atoms with Crippen LogP contribution in [0.3, 0.4) is 0 Å². The number of carbonyl (C=O) groups is 1. The second-order valence-corrected chi connectivity index (χ2v) is 5.23. The summed E-state index contributed by atoms with van der Waals surface area (Å²) in [5.74, 6) is 0.420. The predicted octanol–water partition coefficient (Wildman–Crippen LogP) is 3.73. The van der Waals surface area contributed by atoms with Crippen molar-refractivity contribution < 1.29 is 9.21 Å². The van der Waals surface area contributed by atoms with Gasteiger partial charge in [-0.3, -0.25) is 4.79 Å². The van der Waals surface area contributed by atoms with Crippen molar-refractivity contribution >= 4 is 17.7 Å². The van der Waals surface area contributed by atoms with Crippen LogP contribution in [0.5, 0.6) is 0 Å². The van der Waals surface area contributed by atoms with Crippen molar-refractivity contribution in [3.63, 3.8) is 0 Å². The van der Waals surface area contributed by atoms with E-state index in [1.807, 2.05) is 48.9 Å². The summed E-state index contributed by atoms with van der Waals surface area (Å²) >= 11 is 0. The molecule has 3 aromatic rings. The summed E-state index contributed by atoms with van der Waals surface area (Å²) in [5.41, 5.74) is 3.62. The number of aromatic nitrogens is 2. The van der Waals surface area contributed by atoms with E-state index in [9.17, 15) is 4.79 Å². The minimum atomic E-state index is -0.216. The lowest BCUT2D eigenvalue weighted by Gasteiger charge is -2.07. The van der Waals surface area contributed by atoms with E-state index in [-0.39, 0.29) is 5.91 Å². The highest BCUT2D eigenvalue weighted by molar-refractivity contribution is 6.01. The second kappa shape index (κ2) is 6.36. The maximum Gasteiger partial charge on any atom is 0.248 e. The molecule has 0 fully saturated rings. The molecule has 0 spiro atoms. The number of anilines is 1.